The van der Waals surface area contributed by atoms with Crippen LogP contribution in [0.25, 0.3) is 0 Å². The lowest BCUT2D eigenvalue weighted by Crippen LogP contribution is -1.98. The van der Waals surface area contributed by atoms with Gasteiger partial charge in [0.1, 0.15) is 5.69 Å². The zero-order chi connectivity index (χ0) is 12.3. The number of hydrogen-bond acceptors (Lipinski definition) is 5. The van der Waals surface area contributed by atoms with Crippen LogP contribution < -0.4 is 5.73 Å². The molecule has 0 amide bonds. The highest BCUT2D eigenvalue weighted by atomic mass is 15.1. The SMILES string of the molecule is Cc1nc(N)nc(C)c1N=Nc1ccccc1. The van der Waals surface area contributed by atoms with Crippen molar-refractivity contribution in [2.75, 3.05) is 5.73 Å². The van der Waals surface area contributed by atoms with Gasteiger partial charge in [0.05, 0.1) is 17.1 Å². The van der Waals surface area contributed by atoms with E-state index in [2.05, 4.69) is 20.2 Å². The Bertz CT molecular complexity index is 525. The Kier molecular flexibility index (Phi) is 3.09. The van der Waals surface area contributed by atoms with Gasteiger partial charge < -0.3 is 5.73 Å². The monoisotopic (exact) mass is 227 g/mol. The molecular formula is C12H13N5. The molecule has 0 aliphatic heterocycles. The highest BCUT2D eigenvalue weighted by Gasteiger charge is 2.05. The van der Waals surface area contributed by atoms with E-state index in [1.54, 1.807) is 0 Å². The molecule has 17 heavy (non-hydrogen) atoms. The Morgan fingerprint density at radius 2 is 1.53 bits per heavy atom. The summed E-state index contributed by atoms with van der Waals surface area (Å²) in [5.41, 5.74) is 8.47. The van der Waals surface area contributed by atoms with Crippen LogP contribution >= 0.6 is 0 Å². The van der Waals surface area contributed by atoms with Gasteiger partial charge in [-0.1, -0.05) is 18.2 Å². The van der Waals surface area contributed by atoms with Crippen LogP contribution in [0.3, 0.4) is 0 Å². The van der Waals surface area contributed by atoms with E-state index in [1.807, 2.05) is 44.2 Å². The minimum atomic E-state index is 0.263. The molecule has 1 aromatic carbocycles. The third-order valence-corrected chi connectivity index (χ3v) is 2.27. The van der Waals surface area contributed by atoms with Crippen molar-refractivity contribution < 1.29 is 0 Å². The summed E-state index contributed by atoms with van der Waals surface area (Å²) in [6.45, 7) is 3.68. The first-order chi connectivity index (χ1) is 8.16. The fraction of sp³-hybridized carbons (Fsp3) is 0.167. The van der Waals surface area contributed by atoms with Crippen LogP contribution in [0.1, 0.15) is 11.4 Å². The van der Waals surface area contributed by atoms with E-state index in [-0.39, 0.29) is 5.95 Å². The number of hydrogen-bond donors (Lipinski definition) is 1. The van der Waals surface area contributed by atoms with Crippen LogP contribution in [0.5, 0.6) is 0 Å². The number of nitrogen functional groups attached to an aromatic ring is 1. The van der Waals surface area contributed by atoms with Crippen molar-refractivity contribution in [2.45, 2.75) is 13.8 Å². The van der Waals surface area contributed by atoms with E-state index in [0.29, 0.717) is 5.69 Å². The van der Waals surface area contributed by atoms with Crippen LogP contribution in [-0.2, 0) is 0 Å². The lowest BCUT2D eigenvalue weighted by atomic mass is 10.3. The zero-order valence-electron chi connectivity index (χ0n) is 9.75. The molecule has 2 N–H and O–H groups in total. The highest BCUT2D eigenvalue weighted by molar-refractivity contribution is 5.48. The number of aryl methyl sites for hydroxylation is 2. The number of azo groups is 1. The van der Waals surface area contributed by atoms with Crippen LogP contribution in [0, 0.1) is 13.8 Å². The Labute approximate surface area is 99.4 Å². The van der Waals surface area contributed by atoms with E-state index in [9.17, 15) is 0 Å². The maximum atomic E-state index is 5.54. The van der Waals surface area contributed by atoms with Crippen LogP contribution in [0.2, 0.25) is 0 Å². The summed E-state index contributed by atoms with van der Waals surface area (Å²) in [6, 6.07) is 9.52. The Morgan fingerprint density at radius 3 is 2.12 bits per heavy atom. The van der Waals surface area contributed by atoms with Gasteiger partial charge in [-0.15, -0.1) is 5.11 Å². The van der Waals surface area contributed by atoms with Crippen LogP contribution in [0.4, 0.5) is 17.3 Å². The summed E-state index contributed by atoms with van der Waals surface area (Å²) in [5.74, 6) is 0.263. The minimum Gasteiger partial charge on any atom is -0.368 e. The molecule has 0 spiro atoms. The van der Waals surface area contributed by atoms with Crippen molar-refractivity contribution >= 4 is 17.3 Å². The van der Waals surface area contributed by atoms with Gasteiger partial charge in [-0.3, -0.25) is 0 Å². The highest BCUT2D eigenvalue weighted by Crippen LogP contribution is 2.23. The topological polar surface area (TPSA) is 76.5 Å². The molecule has 0 aliphatic rings. The van der Waals surface area contributed by atoms with Crippen LogP contribution in [0.15, 0.2) is 40.6 Å². The Morgan fingerprint density at radius 1 is 0.941 bits per heavy atom. The number of anilines is 1. The third-order valence-electron chi connectivity index (χ3n) is 2.27. The zero-order valence-corrected chi connectivity index (χ0v) is 9.75. The van der Waals surface area contributed by atoms with Gasteiger partial charge in [-0.2, -0.15) is 5.11 Å². The van der Waals surface area contributed by atoms with Gasteiger partial charge in [-0.25, -0.2) is 9.97 Å². The first-order valence-corrected chi connectivity index (χ1v) is 5.24. The van der Waals surface area contributed by atoms with Gasteiger partial charge in [0, 0.05) is 0 Å². The van der Waals surface area contributed by atoms with Crippen molar-refractivity contribution in [1.29, 1.82) is 0 Å². The van der Waals surface area contributed by atoms with Crippen molar-refractivity contribution in [1.82, 2.24) is 9.97 Å². The molecule has 5 nitrogen and oxygen atoms in total. The van der Waals surface area contributed by atoms with E-state index in [1.165, 1.54) is 0 Å². The second-order valence-electron chi connectivity index (χ2n) is 3.64. The normalized spacial score (nSPS) is 10.9. The molecule has 1 heterocycles. The smallest absolute Gasteiger partial charge is 0.220 e. The van der Waals surface area contributed by atoms with Gasteiger partial charge >= 0.3 is 0 Å². The summed E-state index contributed by atoms with van der Waals surface area (Å²) in [7, 11) is 0. The van der Waals surface area contributed by atoms with E-state index < -0.39 is 0 Å². The molecule has 0 unspecified atom stereocenters. The van der Waals surface area contributed by atoms with E-state index >= 15 is 0 Å². The summed E-state index contributed by atoms with van der Waals surface area (Å²) in [5, 5.41) is 8.29. The lowest BCUT2D eigenvalue weighted by molar-refractivity contribution is 1.04. The number of nitrogens with two attached hydrogens (primary N) is 1. The molecular weight excluding hydrogens is 214 g/mol. The summed E-state index contributed by atoms with van der Waals surface area (Å²) in [6.07, 6.45) is 0. The molecule has 0 atom stereocenters. The van der Waals surface area contributed by atoms with Crippen molar-refractivity contribution in [3.05, 3.63) is 41.7 Å². The van der Waals surface area contributed by atoms with Crippen LogP contribution in [-0.4, -0.2) is 9.97 Å². The molecule has 0 bridgehead atoms. The van der Waals surface area contributed by atoms with E-state index in [4.69, 9.17) is 5.73 Å². The molecule has 0 fully saturated rings. The predicted molar refractivity (Wildman–Crippen MR) is 66.5 cm³/mol. The van der Waals surface area contributed by atoms with Crippen molar-refractivity contribution in [2.24, 2.45) is 10.2 Å². The molecule has 0 saturated carbocycles. The molecule has 2 aromatic rings. The van der Waals surface area contributed by atoms with Gasteiger partial charge in [0.15, 0.2) is 0 Å². The maximum absolute atomic E-state index is 5.54. The number of rotatable bonds is 2. The number of aromatic nitrogens is 2. The van der Waals surface area contributed by atoms with Crippen molar-refractivity contribution in [3.8, 4) is 0 Å². The fourth-order valence-electron chi connectivity index (χ4n) is 1.48. The second kappa shape index (κ2) is 4.69. The average molecular weight is 227 g/mol. The molecule has 0 aliphatic carbocycles. The maximum Gasteiger partial charge on any atom is 0.220 e. The largest absolute Gasteiger partial charge is 0.368 e. The molecule has 0 saturated heterocycles. The third kappa shape index (κ3) is 2.63. The molecule has 86 valence electrons. The molecule has 2 rings (SSSR count). The molecule has 0 radical (unpaired) electrons. The van der Waals surface area contributed by atoms with Gasteiger partial charge in [0.25, 0.3) is 0 Å². The lowest BCUT2D eigenvalue weighted by Gasteiger charge is -2.02. The average Bonchev–Trinajstić information content (AvgIpc) is 2.29. The molecule has 1 aromatic heterocycles. The van der Waals surface area contributed by atoms with E-state index in [0.717, 1.165) is 17.1 Å². The first-order valence-electron chi connectivity index (χ1n) is 5.24. The standard InChI is InChI=1S/C12H13N5/c1-8-11(9(2)15-12(13)14-8)17-16-10-6-4-3-5-7-10/h3-7H,1-2H3,(H2,13,14,15). The minimum absolute atomic E-state index is 0.263. The Balaban J connectivity index is 2.34. The van der Waals surface area contributed by atoms with Crippen molar-refractivity contribution in [3.63, 3.8) is 0 Å². The Hall–Kier alpha value is -2.30. The summed E-state index contributed by atoms with van der Waals surface area (Å²) < 4.78 is 0. The predicted octanol–water partition coefficient (Wildman–Crippen LogP) is 3.09. The number of nitrogens with zero attached hydrogens (tertiary/aromatic N) is 4. The van der Waals surface area contributed by atoms with Gasteiger partial charge in [-0.05, 0) is 26.0 Å². The molecule has 5 heteroatoms. The van der Waals surface area contributed by atoms with Gasteiger partial charge in [0.2, 0.25) is 5.95 Å². The second-order valence-corrected chi connectivity index (χ2v) is 3.64. The number of benzene rings is 1. The summed E-state index contributed by atoms with van der Waals surface area (Å²) >= 11 is 0. The summed E-state index contributed by atoms with van der Waals surface area (Å²) in [4.78, 5) is 8.12. The first kappa shape index (κ1) is 11.2. The quantitative estimate of drug-likeness (QED) is 0.801. The fourth-order valence-corrected chi connectivity index (χ4v) is 1.48.